The molecule has 0 unspecified atom stereocenters. The van der Waals surface area contributed by atoms with E-state index in [-0.39, 0.29) is 0 Å². The Kier molecular flexibility index (Phi) is 2.19. The third-order valence-corrected chi connectivity index (χ3v) is 3.11. The molecular formula is C13H10N6O. The van der Waals surface area contributed by atoms with Gasteiger partial charge >= 0.3 is 0 Å². The standard InChI is InChI=1S/C13H10N6O/c1-18-8-6-14-12(18)11-16-13(20-17-11)9-4-7-19-10(9)3-2-5-15-19/h2-8H,1H3. The van der Waals surface area contributed by atoms with Crippen molar-refractivity contribution in [2.24, 2.45) is 7.05 Å². The van der Waals surface area contributed by atoms with Crippen LogP contribution in [0, 0.1) is 0 Å². The van der Waals surface area contributed by atoms with Crippen molar-refractivity contribution in [3.63, 3.8) is 0 Å². The van der Waals surface area contributed by atoms with E-state index in [0.717, 1.165) is 11.1 Å². The van der Waals surface area contributed by atoms with Crippen LogP contribution in [0.5, 0.6) is 0 Å². The summed E-state index contributed by atoms with van der Waals surface area (Å²) in [5.41, 5.74) is 1.77. The molecule has 0 N–H and O–H groups in total. The van der Waals surface area contributed by atoms with Crippen molar-refractivity contribution >= 4 is 5.52 Å². The number of imidazole rings is 1. The van der Waals surface area contributed by atoms with Gasteiger partial charge in [0.15, 0.2) is 5.82 Å². The molecule has 7 heteroatoms. The molecule has 0 fully saturated rings. The molecule has 4 rings (SSSR count). The number of hydrogen-bond acceptors (Lipinski definition) is 5. The summed E-state index contributed by atoms with van der Waals surface area (Å²) in [5, 5.41) is 8.19. The highest BCUT2D eigenvalue weighted by Crippen LogP contribution is 2.25. The van der Waals surface area contributed by atoms with Crippen LogP contribution in [0.2, 0.25) is 0 Å². The van der Waals surface area contributed by atoms with Gasteiger partial charge in [-0.1, -0.05) is 5.16 Å². The van der Waals surface area contributed by atoms with Crippen LogP contribution in [-0.4, -0.2) is 29.3 Å². The van der Waals surface area contributed by atoms with Crippen molar-refractivity contribution in [1.82, 2.24) is 29.3 Å². The van der Waals surface area contributed by atoms with Crippen molar-refractivity contribution < 1.29 is 4.52 Å². The van der Waals surface area contributed by atoms with Crippen LogP contribution in [0.1, 0.15) is 0 Å². The molecule has 0 aromatic carbocycles. The molecule has 0 radical (unpaired) electrons. The van der Waals surface area contributed by atoms with Crippen LogP contribution in [0.3, 0.4) is 0 Å². The van der Waals surface area contributed by atoms with Gasteiger partial charge in [0.05, 0.1) is 11.1 Å². The minimum absolute atomic E-state index is 0.457. The second kappa shape index (κ2) is 4.02. The van der Waals surface area contributed by atoms with Gasteiger partial charge in [-0.25, -0.2) is 9.50 Å². The number of nitrogens with zero attached hydrogens (tertiary/aromatic N) is 6. The topological polar surface area (TPSA) is 74.0 Å². The van der Waals surface area contributed by atoms with Gasteiger partial charge < -0.3 is 9.09 Å². The second-order valence-electron chi connectivity index (χ2n) is 4.37. The zero-order valence-electron chi connectivity index (χ0n) is 10.6. The fourth-order valence-corrected chi connectivity index (χ4v) is 2.13. The van der Waals surface area contributed by atoms with Gasteiger partial charge in [-0.3, -0.25) is 0 Å². The molecule has 0 saturated heterocycles. The zero-order chi connectivity index (χ0) is 13.5. The molecule has 98 valence electrons. The molecule has 0 aliphatic heterocycles. The summed E-state index contributed by atoms with van der Waals surface area (Å²) < 4.78 is 8.95. The summed E-state index contributed by atoms with van der Waals surface area (Å²) in [5.74, 6) is 1.59. The van der Waals surface area contributed by atoms with Crippen LogP contribution in [0.15, 0.2) is 47.5 Å². The highest BCUT2D eigenvalue weighted by atomic mass is 16.5. The van der Waals surface area contributed by atoms with Crippen LogP contribution in [0.25, 0.3) is 28.6 Å². The Morgan fingerprint density at radius 2 is 2.10 bits per heavy atom. The van der Waals surface area contributed by atoms with Crippen molar-refractivity contribution in [2.75, 3.05) is 0 Å². The molecule has 20 heavy (non-hydrogen) atoms. The Balaban J connectivity index is 1.84. The van der Waals surface area contributed by atoms with Gasteiger partial charge in [0.2, 0.25) is 5.82 Å². The third kappa shape index (κ3) is 1.53. The summed E-state index contributed by atoms with van der Waals surface area (Å²) >= 11 is 0. The maximum Gasteiger partial charge on any atom is 0.260 e. The smallest absolute Gasteiger partial charge is 0.260 e. The zero-order valence-corrected chi connectivity index (χ0v) is 10.6. The van der Waals surface area contributed by atoms with Gasteiger partial charge in [-0.15, -0.1) is 0 Å². The summed E-state index contributed by atoms with van der Waals surface area (Å²) in [7, 11) is 1.88. The van der Waals surface area contributed by atoms with E-state index in [9.17, 15) is 0 Å². The van der Waals surface area contributed by atoms with Crippen LogP contribution in [0.4, 0.5) is 0 Å². The van der Waals surface area contributed by atoms with E-state index in [1.807, 2.05) is 42.2 Å². The first-order valence-corrected chi connectivity index (χ1v) is 6.07. The first-order chi connectivity index (χ1) is 9.83. The SMILES string of the molecule is Cn1ccnc1-c1noc(-c2ccn3ncccc23)n1. The van der Waals surface area contributed by atoms with Crippen LogP contribution < -0.4 is 0 Å². The van der Waals surface area contributed by atoms with E-state index in [2.05, 4.69) is 20.2 Å². The number of aromatic nitrogens is 6. The Morgan fingerprint density at radius 3 is 2.95 bits per heavy atom. The van der Waals surface area contributed by atoms with E-state index >= 15 is 0 Å². The van der Waals surface area contributed by atoms with Gasteiger partial charge in [-0.05, 0) is 18.2 Å². The number of fused-ring (bicyclic) bond motifs is 1. The van der Waals surface area contributed by atoms with Crippen LogP contribution >= 0.6 is 0 Å². The van der Waals surface area contributed by atoms with E-state index in [4.69, 9.17) is 4.52 Å². The normalized spacial score (nSPS) is 11.2. The largest absolute Gasteiger partial charge is 0.333 e. The number of hydrogen-bond donors (Lipinski definition) is 0. The Labute approximate surface area is 113 Å². The summed E-state index contributed by atoms with van der Waals surface area (Å²) in [6, 6.07) is 5.72. The van der Waals surface area contributed by atoms with E-state index in [1.54, 1.807) is 16.9 Å². The molecule has 0 spiro atoms. The first-order valence-electron chi connectivity index (χ1n) is 6.07. The highest BCUT2D eigenvalue weighted by molar-refractivity contribution is 5.76. The first kappa shape index (κ1) is 10.9. The second-order valence-corrected chi connectivity index (χ2v) is 4.37. The summed E-state index contributed by atoms with van der Waals surface area (Å²) in [6.07, 6.45) is 7.12. The van der Waals surface area contributed by atoms with Crippen molar-refractivity contribution in [2.45, 2.75) is 0 Å². The highest BCUT2D eigenvalue weighted by Gasteiger charge is 2.16. The average Bonchev–Trinajstić information content (AvgIpc) is 3.15. The van der Waals surface area contributed by atoms with E-state index in [1.165, 1.54) is 0 Å². The van der Waals surface area contributed by atoms with Crippen molar-refractivity contribution in [3.8, 4) is 23.1 Å². The molecule has 0 saturated carbocycles. The maximum absolute atomic E-state index is 5.34. The molecule has 7 nitrogen and oxygen atoms in total. The Bertz CT molecular complexity index is 887. The molecule has 0 bridgehead atoms. The predicted molar refractivity (Wildman–Crippen MR) is 70.7 cm³/mol. The quantitative estimate of drug-likeness (QED) is 0.553. The minimum Gasteiger partial charge on any atom is -0.333 e. The molecular weight excluding hydrogens is 256 g/mol. The third-order valence-electron chi connectivity index (χ3n) is 3.11. The minimum atomic E-state index is 0.457. The van der Waals surface area contributed by atoms with Crippen LogP contribution in [-0.2, 0) is 7.05 Å². The lowest BCUT2D eigenvalue weighted by atomic mass is 10.2. The number of aryl methyl sites for hydroxylation is 1. The van der Waals surface area contributed by atoms with E-state index < -0.39 is 0 Å². The fourth-order valence-electron chi connectivity index (χ4n) is 2.13. The lowest BCUT2D eigenvalue weighted by Gasteiger charge is -1.94. The van der Waals surface area contributed by atoms with Gasteiger partial charge in [-0.2, -0.15) is 10.1 Å². The fraction of sp³-hybridized carbons (Fsp3) is 0.0769. The lowest BCUT2D eigenvalue weighted by Crippen LogP contribution is -1.92. The van der Waals surface area contributed by atoms with Gasteiger partial charge in [0, 0.05) is 31.8 Å². The average molecular weight is 266 g/mol. The molecule has 4 heterocycles. The number of rotatable bonds is 2. The van der Waals surface area contributed by atoms with Crippen molar-refractivity contribution in [1.29, 1.82) is 0 Å². The molecule has 0 atom stereocenters. The van der Waals surface area contributed by atoms with E-state index in [0.29, 0.717) is 17.5 Å². The Morgan fingerprint density at radius 1 is 1.15 bits per heavy atom. The molecule has 0 aliphatic carbocycles. The monoisotopic (exact) mass is 266 g/mol. The van der Waals surface area contributed by atoms with Gasteiger partial charge in [0.25, 0.3) is 5.89 Å². The molecule has 4 aromatic rings. The maximum atomic E-state index is 5.34. The predicted octanol–water partition coefficient (Wildman–Crippen LogP) is 1.78. The van der Waals surface area contributed by atoms with Crippen molar-refractivity contribution in [3.05, 3.63) is 43.0 Å². The summed E-state index contributed by atoms with van der Waals surface area (Å²) in [6.45, 7) is 0. The molecule has 0 aliphatic rings. The Hall–Kier alpha value is -2.96. The lowest BCUT2D eigenvalue weighted by molar-refractivity contribution is 0.432. The summed E-state index contributed by atoms with van der Waals surface area (Å²) in [4.78, 5) is 8.61. The van der Waals surface area contributed by atoms with Gasteiger partial charge in [0.1, 0.15) is 0 Å². The molecule has 0 amide bonds. The molecule has 4 aromatic heterocycles.